The van der Waals surface area contributed by atoms with Crippen molar-refractivity contribution in [1.82, 2.24) is 19.7 Å². The summed E-state index contributed by atoms with van der Waals surface area (Å²) in [5.74, 6) is 1.33. The van der Waals surface area contributed by atoms with E-state index in [0.717, 1.165) is 17.0 Å². The van der Waals surface area contributed by atoms with Gasteiger partial charge in [-0.05, 0) is 24.3 Å². The van der Waals surface area contributed by atoms with E-state index in [0.29, 0.717) is 24.5 Å². The molecule has 3 heterocycles. The Hall–Kier alpha value is -3.35. The lowest BCUT2D eigenvalue weighted by Gasteiger charge is -2.29. The predicted molar refractivity (Wildman–Crippen MR) is 99.8 cm³/mol. The van der Waals surface area contributed by atoms with Crippen molar-refractivity contribution in [1.29, 1.82) is 0 Å². The first kappa shape index (κ1) is 17.1. The molecule has 138 valence electrons. The first-order chi connectivity index (χ1) is 13.1. The molecule has 0 spiro atoms. The van der Waals surface area contributed by atoms with Crippen molar-refractivity contribution in [2.24, 2.45) is 7.05 Å². The molecule has 0 fully saturated rings. The molecule has 7 heteroatoms. The standard InChI is InChI=1S/C20H20N4O3/c1-23(12-16-13-26-18-5-3-4-6-19(18)27-16)20(25)14-7-8-17(21-9-14)15-10-22-24(2)11-15/h3-11,16H,12-13H2,1-2H3. The highest BCUT2D eigenvalue weighted by molar-refractivity contribution is 5.94. The molecule has 27 heavy (non-hydrogen) atoms. The summed E-state index contributed by atoms with van der Waals surface area (Å²) in [6.07, 6.45) is 5.01. The van der Waals surface area contributed by atoms with Gasteiger partial charge in [-0.3, -0.25) is 14.5 Å². The highest BCUT2D eigenvalue weighted by atomic mass is 16.6. The molecule has 3 aromatic rings. The summed E-state index contributed by atoms with van der Waals surface area (Å²) in [4.78, 5) is 18.7. The fourth-order valence-corrected chi connectivity index (χ4v) is 3.01. The van der Waals surface area contributed by atoms with Crippen LogP contribution < -0.4 is 9.47 Å². The molecule has 1 unspecified atom stereocenters. The molecule has 0 saturated heterocycles. The summed E-state index contributed by atoms with van der Waals surface area (Å²) in [5, 5.41) is 4.14. The Kier molecular flexibility index (Phi) is 4.50. The molecule has 0 saturated carbocycles. The smallest absolute Gasteiger partial charge is 0.255 e. The van der Waals surface area contributed by atoms with Crippen molar-refractivity contribution in [3.8, 4) is 22.8 Å². The summed E-state index contributed by atoms with van der Waals surface area (Å²) < 4.78 is 13.3. The van der Waals surface area contributed by atoms with Crippen LogP contribution in [-0.4, -0.2) is 51.9 Å². The van der Waals surface area contributed by atoms with E-state index in [2.05, 4.69) is 10.1 Å². The predicted octanol–water partition coefficient (Wildman–Crippen LogP) is 2.39. The van der Waals surface area contributed by atoms with E-state index < -0.39 is 0 Å². The first-order valence-corrected chi connectivity index (χ1v) is 8.69. The molecule has 2 aromatic heterocycles. The highest BCUT2D eigenvalue weighted by Gasteiger charge is 2.24. The van der Waals surface area contributed by atoms with E-state index in [1.807, 2.05) is 43.6 Å². The van der Waals surface area contributed by atoms with E-state index >= 15 is 0 Å². The Morgan fingerprint density at radius 3 is 2.74 bits per heavy atom. The van der Waals surface area contributed by atoms with Gasteiger partial charge in [0.05, 0.1) is 24.0 Å². The van der Waals surface area contributed by atoms with Crippen molar-refractivity contribution in [3.05, 3.63) is 60.6 Å². The number of ether oxygens (including phenoxy) is 2. The number of aryl methyl sites for hydroxylation is 1. The van der Waals surface area contributed by atoms with E-state index in [1.165, 1.54) is 0 Å². The van der Waals surface area contributed by atoms with E-state index in [-0.39, 0.29) is 12.0 Å². The second-order valence-electron chi connectivity index (χ2n) is 6.52. The SMILES string of the molecule is CN(CC1COc2ccccc2O1)C(=O)c1ccc(-c2cnn(C)c2)nc1. The topological polar surface area (TPSA) is 69.5 Å². The molecule has 0 radical (unpaired) electrons. The first-order valence-electron chi connectivity index (χ1n) is 8.69. The number of benzene rings is 1. The lowest BCUT2D eigenvalue weighted by atomic mass is 10.2. The molecule has 1 aliphatic heterocycles. The fraction of sp³-hybridized carbons (Fsp3) is 0.250. The number of rotatable bonds is 4. The maximum absolute atomic E-state index is 12.7. The monoisotopic (exact) mass is 364 g/mol. The number of para-hydroxylation sites is 2. The van der Waals surface area contributed by atoms with E-state index in [4.69, 9.17) is 9.47 Å². The Balaban J connectivity index is 1.40. The molecule has 1 atom stereocenters. The van der Waals surface area contributed by atoms with Crippen LogP contribution >= 0.6 is 0 Å². The van der Waals surface area contributed by atoms with Gasteiger partial charge in [-0.1, -0.05) is 12.1 Å². The van der Waals surface area contributed by atoms with Crippen LogP contribution in [-0.2, 0) is 7.05 Å². The number of hydrogen-bond acceptors (Lipinski definition) is 5. The zero-order valence-electron chi connectivity index (χ0n) is 15.2. The quantitative estimate of drug-likeness (QED) is 0.711. The van der Waals surface area contributed by atoms with Gasteiger partial charge >= 0.3 is 0 Å². The Labute approximate surface area is 157 Å². The zero-order chi connectivity index (χ0) is 18.8. The lowest BCUT2D eigenvalue weighted by molar-refractivity contribution is 0.0520. The summed E-state index contributed by atoms with van der Waals surface area (Å²) in [6, 6.07) is 11.1. The van der Waals surface area contributed by atoms with Gasteiger partial charge in [0.25, 0.3) is 5.91 Å². The number of carbonyl (C=O) groups excluding carboxylic acids is 1. The fourth-order valence-electron chi connectivity index (χ4n) is 3.01. The summed E-state index contributed by atoms with van der Waals surface area (Å²) >= 11 is 0. The van der Waals surface area contributed by atoms with Crippen molar-refractivity contribution < 1.29 is 14.3 Å². The number of hydrogen-bond donors (Lipinski definition) is 0. The Morgan fingerprint density at radius 2 is 2.04 bits per heavy atom. The van der Waals surface area contributed by atoms with Crippen LogP contribution in [0.15, 0.2) is 55.0 Å². The van der Waals surface area contributed by atoms with Crippen LogP contribution in [0.2, 0.25) is 0 Å². The minimum absolute atomic E-state index is 0.109. The molecule has 1 aliphatic rings. The number of fused-ring (bicyclic) bond motifs is 1. The third-order valence-electron chi connectivity index (χ3n) is 4.40. The number of aromatic nitrogens is 3. The molecular weight excluding hydrogens is 344 g/mol. The second-order valence-corrected chi connectivity index (χ2v) is 6.52. The third-order valence-corrected chi connectivity index (χ3v) is 4.40. The third kappa shape index (κ3) is 3.62. The number of likely N-dealkylation sites (N-methyl/N-ethyl adjacent to an activating group) is 1. The molecule has 4 rings (SSSR count). The Morgan fingerprint density at radius 1 is 1.22 bits per heavy atom. The van der Waals surface area contributed by atoms with Crippen LogP contribution in [0.5, 0.6) is 11.5 Å². The number of amides is 1. The average Bonchev–Trinajstić information content (AvgIpc) is 3.14. The van der Waals surface area contributed by atoms with Gasteiger partial charge in [0.15, 0.2) is 17.6 Å². The minimum atomic E-state index is -0.212. The molecule has 0 N–H and O–H groups in total. The van der Waals surface area contributed by atoms with Gasteiger partial charge in [-0.25, -0.2) is 0 Å². The molecule has 0 aliphatic carbocycles. The summed E-state index contributed by atoms with van der Waals surface area (Å²) in [5.41, 5.74) is 2.22. The molecule has 7 nitrogen and oxygen atoms in total. The van der Waals surface area contributed by atoms with Crippen LogP contribution in [0.4, 0.5) is 0 Å². The highest BCUT2D eigenvalue weighted by Crippen LogP contribution is 2.31. The largest absolute Gasteiger partial charge is 0.486 e. The lowest BCUT2D eigenvalue weighted by Crippen LogP contribution is -2.41. The van der Waals surface area contributed by atoms with Gasteiger partial charge in [0.1, 0.15) is 6.61 Å². The number of nitrogens with zero attached hydrogens (tertiary/aromatic N) is 4. The van der Waals surface area contributed by atoms with Crippen LogP contribution in [0.3, 0.4) is 0 Å². The van der Waals surface area contributed by atoms with Gasteiger partial charge in [0, 0.05) is 32.1 Å². The van der Waals surface area contributed by atoms with Gasteiger partial charge in [-0.15, -0.1) is 0 Å². The van der Waals surface area contributed by atoms with Gasteiger partial charge in [-0.2, -0.15) is 5.10 Å². The van der Waals surface area contributed by atoms with Crippen LogP contribution in [0.1, 0.15) is 10.4 Å². The minimum Gasteiger partial charge on any atom is -0.486 e. The molecule has 0 bridgehead atoms. The zero-order valence-corrected chi connectivity index (χ0v) is 15.2. The average molecular weight is 364 g/mol. The maximum atomic E-state index is 12.7. The van der Waals surface area contributed by atoms with Crippen LogP contribution in [0, 0.1) is 0 Å². The number of pyridine rings is 1. The molecule has 1 aromatic carbocycles. The van der Waals surface area contributed by atoms with Crippen molar-refractivity contribution >= 4 is 5.91 Å². The Bertz CT molecular complexity index is 952. The summed E-state index contributed by atoms with van der Waals surface area (Å²) in [6.45, 7) is 0.838. The normalized spacial score (nSPS) is 15.4. The van der Waals surface area contributed by atoms with Crippen molar-refractivity contribution in [3.63, 3.8) is 0 Å². The number of carbonyl (C=O) groups is 1. The second kappa shape index (κ2) is 7.11. The summed E-state index contributed by atoms with van der Waals surface area (Å²) in [7, 11) is 3.60. The van der Waals surface area contributed by atoms with Gasteiger partial charge < -0.3 is 14.4 Å². The van der Waals surface area contributed by atoms with Crippen molar-refractivity contribution in [2.75, 3.05) is 20.2 Å². The van der Waals surface area contributed by atoms with Gasteiger partial charge in [0.2, 0.25) is 0 Å². The van der Waals surface area contributed by atoms with E-state index in [9.17, 15) is 4.79 Å². The molecule has 1 amide bonds. The van der Waals surface area contributed by atoms with Crippen LogP contribution in [0.25, 0.3) is 11.3 Å². The van der Waals surface area contributed by atoms with E-state index in [1.54, 1.807) is 35.1 Å². The maximum Gasteiger partial charge on any atom is 0.255 e. The molecular formula is C20H20N4O3. The van der Waals surface area contributed by atoms with Crippen molar-refractivity contribution in [2.45, 2.75) is 6.10 Å².